The molecule has 23 heteroatoms. The number of esters is 8. The minimum atomic E-state index is -2.85. The van der Waals surface area contributed by atoms with Crippen molar-refractivity contribution in [3.63, 3.8) is 0 Å². The van der Waals surface area contributed by atoms with Crippen molar-refractivity contribution in [3.05, 3.63) is 71.8 Å². The normalized spacial score (nSPS) is 29.3. The molecule has 13 unspecified atom stereocenters. The summed E-state index contributed by atoms with van der Waals surface area (Å²) in [5, 5.41) is 11.6. The van der Waals surface area contributed by atoms with Crippen molar-refractivity contribution in [2.75, 3.05) is 34.0 Å². The summed E-state index contributed by atoms with van der Waals surface area (Å²) in [5.41, 5.74) is 0.354. The number of hydrogen-bond acceptors (Lipinski definition) is 23. The molecule has 3 saturated heterocycles. The number of hydrogen-bond donors (Lipinski definition) is 1. The summed E-state index contributed by atoms with van der Waals surface area (Å²) in [5.74, 6) is -10.4. The highest BCUT2D eigenvalue weighted by molar-refractivity contribution is 5.89. The summed E-state index contributed by atoms with van der Waals surface area (Å²) >= 11 is 0. The SMILES string of the molecule is COC(=O)C1(OC2C(OC3C(OC)OC(COC(=O)c4ccccc4)C3O)OC(COC(=O)c3ccccc3)C2OC(C)=O)CC(OC(C)=O)C(OC(C)=O)C(C(COC(C)=O)OC(C)=O)O1. The minimum Gasteiger partial charge on any atom is -0.465 e. The molecule has 0 amide bonds. The van der Waals surface area contributed by atoms with Crippen LogP contribution in [0, 0.1) is 0 Å². The number of aliphatic hydroxyl groups excluding tert-OH is 1. The van der Waals surface area contributed by atoms with Gasteiger partial charge in [0.25, 0.3) is 5.79 Å². The van der Waals surface area contributed by atoms with Crippen LogP contribution < -0.4 is 0 Å². The van der Waals surface area contributed by atoms with Crippen molar-refractivity contribution in [2.24, 2.45) is 0 Å². The number of carbonyl (C=O) groups excluding carboxylic acids is 8. The van der Waals surface area contributed by atoms with E-state index in [-0.39, 0.29) is 11.1 Å². The van der Waals surface area contributed by atoms with Crippen LogP contribution in [0.15, 0.2) is 60.7 Å². The molecule has 0 spiro atoms. The van der Waals surface area contributed by atoms with Crippen molar-refractivity contribution in [1.29, 1.82) is 0 Å². The largest absolute Gasteiger partial charge is 0.465 e. The maximum absolute atomic E-state index is 14.3. The van der Waals surface area contributed by atoms with Gasteiger partial charge in [-0.25, -0.2) is 14.4 Å². The minimum absolute atomic E-state index is 0.138. The Morgan fingerprint density at radius 3 is 1.69 bits per heavy atom. The van der Waals surface area contributed by atoms with Gasteiger partial charge in [0.15, 0.2) is 37.0 Å². The van der Waals surface area contributed by atoms with Gasteiger partial charge in [-0.3, -0.25) is 24.0 Å². The summed E-state index contributed by atoms with van der Waals surface area (Å²) < 4.78 is 80.2. The van der Waals surface area contributed by atoms with Crippen LogP contribution in [0.2, 0.25) is 0 Å². The fourth-order valence-electron chi connectivity index (χ4n) is 7.47. The molecule has 3 aliphatic rings. The van der Waals surface area contributed by atoms with E-state index in [1.165, 1.54) is 31.4 Å². The Bertz CT molecular complexity index is 2060. The van der Waals surface area contributed by atoms with Crippen molar-refractivity contribution in [1.82, 2.24) is 0 Å². The first-order chi connectivity index (χ1) is 31.9. The maximum Gasteiger partial charge on any atom is 0.366 e. The first-order valence-electron chi connectivity index (χ1n) is 20.7. The lowest BCUT2D eigenvalue weighted by Crippen LogP contribution is -2.66. The van der Waals surface area contributed by atoms with Crippen molar-refractivity contribution < 1.29 is 110 Å². The van der Waals surface area contributed by atoms with Crippen LogP contribution in [0.3, 0.4) is 0 Å². The zero-order valence-corrected chi connectivity index (χ0v) is 37.5. The number of aliphatic hydroxyl groups is 1. The van der Waals surface area contributed by atoms with Crippen LogP contribution in [0.4, 0.5) is 0 Å². The molecule has 67 heavy (non-hydrogen) atoms. The van der Waals surface area contributed by atoms with Gasteiger partial charge in [0.05, 0.1) is 24.7 Å². The molecule has 0 radical (unpaired) electrons. The molecule has 3 fully saturated rings. The zero-order chi connectivity index (χ0) is 49.0. The molecule has 0 aromatic heterocycles. The molecule has 2 aromatic carbocycles. The van der Waals surface area contributed by atoms with Gasteiger partial charge in [0.2, 0.25) is 0 Å². The van der Waals surface area contributed by atoms with E-state index in [4.69, 9.17) is 66.3 Å². The van der Waals surface area contributed by atoms with Crippen LogP contribution >= 0.6 is 0 Å². The Morgan fingerprint density at radius 2 is 1.18 bits per heavy atom. The molecule has 0 saturated carbocycles. The molecular weight excluding hydrogens is 896 g/mol. The van der Waals surface area contributed by atoms with Crippen LogP contribution in [-0.2, 0) is 95.1 Å². The highest BCUT2D eigenvalue weighted by Gasteiger charge is 2.63. The summed E-state index contributed by atoms with van der Waals surface area (Å²) in [6.45, 7) is 3.17. The van der Waals surface area contributed by atoms with Gasteiger partial charge in [-0.15, -0.1) is 0 Å². The van der Waals surface area contributed by atoms with E-state index < -0.39 is 153 Å². The summed E-state index contributed by atoms with van der Waals surface area (Å²) in [6, 6.07) is 15.8. The number of ether oxygens (including phenoxy) is 14. The number of carbonyl (C=O) groups is 8. The highest BCUT2D eigenvalue weighted by atomic mass is 16.8. The van der Waals surface area contributed by atoms with E-state index in [2.05, 4.69) is 0 Å². The lowest BCUT2D eigenvalue weighted by atomic mass is 9.91. The second-order valence-corrected chi connectivity index (χ2v) is 15.2. The first-order valence-corrected chi connectivity index (χ1v) is 20.7. The third-order valence-electron chi connectivity index (χ3n) is 10.2. The topological polar surface area (TPSA) is 286 Å². The fourth-order valence-corrected chi connectivity index (χ4v) is 7.47. The van der Waals surface area contributed by atoms with Crippen LogP contribution in [-0.4, -0.2) is 166 Å². The predicted octanol–water partition coefficient (Wildman–Crippen LogP) is 0.876. The molecule has 5 rings (SSSR count). The molecule has 0 bridgehead atoms. The molecule has 0 aliphatic carbocycles. The van der Waals surface area contributed by atoms with Crippen LogP contribution in [0.25, 0.3) is 0 Å². The predicted molar refractivity (Wildman–Crippen MR) is 217 cm³/mol. The number of benzene rings is 2. The lowest BCUT2D eigenvalue weighted by molar-refractivity contribution is -0.353. The van der Waals surface area contributed by atoms with Gasteiger partial charge in [0.1, 0.15) is 56.4 Å². The smallest absolute Gasteiger partial charge is 0.366 e. The quantitative estimate of drug-likeness (QED) is 0.151. The van der Waals surface area contributed by atoms with Crippen molar-refractivity contribution in [3.8, 4) is 0 Å². The molecule has 2 aromatic rings. The van der Waals surface area contributed by atoms with Crippen LogP contribution in [0.5, 0.6) is 0 Å². The molecule has 1 N–H and O–H groups in total. The standard InChI is InChI=1S/C44H52O23/c1-22(45)56-20-32(60-24(3)47)36-34(61-25(4)48)29(59-23(2)46)18-44(66-36,43(53)55-7)67-38-35(62-26(5)49)31(21-58-40(52)28-16-12-9-13-17-28)64-42(38)65-37-33(50)30(63-41(37)54-6)19-57-39(51)27-14-10-8-11-15-27/h8-17,29-38,41-42,50H,18-21H2,1-7H3. The summed E-state index contributed by atoms with van der Waals surface area (Å²) in [6.07, 6.45) is -20.6. The monoisotopic (exact) mass is 948 g/mol. The third-order valence-corrected chi connectivity index (χ3v) is 10.2. The Balaban J connectivity index is 1.58. The average Bonchev–Trinajstić information content (AvgIpc) is 3.76. The van der Waals surface area contributed by atoms with Gasteiger partial charge in [0, 0.05) is 41.7 Å². The first kappa shape index (κ1) is 51.9. The van der Waals surface area contributed by atoms with E-state index in [0.717, 1.165) is 41.7 Å². The van der Waals surface area contributed by atoms with E-state index in [9.17, 15) is 43.5 Å². The summed E-state index contributed by atoms with van der Waals surface area (Å²) in [7, 11) is 2.15. The number of rotatable bonds is 19. The third kappa shape index (κ3) is 13.5. The van der Waals surface area contributed by atoms with E-state index >= 15 is 0 Å². The van der Waals surface area contributed by atoms with Gasteiger partial charge < -0.3 is 71.4 Å². The summed E-state index contributed by atoms with van der Waals surface area (Å²) in [4.78, 5) is 103. The molecule has 3 heterocycles. The van der Waals surface area contributed by atoms with Gasteiger partial charge in [-0.1, -0.05) is 36.4 Å². The highest BCUT2D eigenvalue weighted by Crippen LogP contribution is 2.42. The molecule has 13 atom stereocenters. The van der Waals surface area contributed by atoms with E-state index in [1.807, 2.05) is 0 Å². The fraction of sp³-hybridized carbons (Fsp3) is 0.545. The molecule has 3 aliphatic heterocycles. The Labute approximate surface area is 383 Å². The maximum atomic E-state index is 14.3. The van der Waals surface area contributed by atoms with Gasteiger partial charge in [-0.2, -0.15) is 0 Å². The van der Waals surface area contributed by atoms with E-state index in [1.54, 1.807) is 36.4 Å². The zero-order valence-electron chi connectivity index (χ0n) is 37.5. The van der Waals surface area contributed by atoms with Gasteiger partial charge in [-0.05, 0) is 24.3 Å². The molecule has 366 valence electrons. The van der Waals surface area contributed by atoms with Crippen LogP contribution in [0.1, 0.15) is 61.8 Å². The second-order valence-electron chi connectivity index (χ2n) is 15.2. The Hall–Kier alpha value is -6.08. The average molecular weight is 949 g/mol. The molecule has 23 nitrogen and oxygen atoms in total. The van der Waals surface area contributed by atoms with Crippen molar-refractivity contribution in [2.45, 2.75) is 120 Å². The second kappa shape index (κ2) is 23.6. The van der Waals surface area contributed by atoms with Crippen molar-refractivity contribution >= 4 is 47.8 Å². The Morgan fingerprint density at radius 1 is 0.642 bits per heavy atom. The molecular formula is C44H52O23. The van der Waals surface area contributed by atoms with E-state index in [0.29, 0.717) is 0 Å². The lowest BCUT2D eigenvalue weighted by Gasteiger charge is -2.48. The Kier molecular flexibility index (Phi) is 18.3. The number of methoxy groups -OCH3 is 2. The van der Waals surface area contributed by atoms with Gasteiger partial charge >= 0.3 is 47.8 Å².